The first-order valence-corrected chi connectivity index (χ1v) is 11.5. The number of hydrogen-bond donors (Lipinski definition) is 1. The number of carbonyl (C=O) groups is 1. The van der Waals surface area contributed by atoms with E-state index >= 15 is 0 Å². The maximum Gasteiger partial charge on any atom is 0.266 e. The molecule has 7 heteroatoms. The van der Waals surface area contributed by atoms with E-state index in [2.05, 4.69) is 40.7 Å². The number of ether oxygens (including phenoxy) is 1. The zero-order valence-corrected chi connectivity index (χ0v) is 19.8. The first kappa shape index (κ1) is 22.1. The molecule has 0 atom stereocenters. The number of amides is 1. The lowest BCUT2D eigenvalue weighted by molar-refractivity contribution is 0.103. The molecular weight excluding hydrogens is 442 g/mol. The number of rotatable bonds is 7. The lowest BCUT2D eigenvalue weighted by Gasteiger charge is -2.08. The van der Waals surface area contributed by atoms with Crippen molar-refractivity contribution in [1.82, 2.24) is 9.78 Å². The average Bonchev–Trinajstić information content (AvgIpc) is 3.37. The van der Waals surface area contributed by atoms with Crippen LogP contribution in [0.15, 0.2) is 60.1 Å². The summed E-state index contributed by atoms with van der Waals surface area (Å²) in [6.45, 7) is 7.08. The molecule has 164 valence electrons. The number of aryl methyl sites for hydroxylation is 3. The summed E-state index contributed by atoms with van der Waals surface area (Å²) in [5.41, 5.74) is 5.49. The van der Waals surface area contributed by atoms with Gasteiger partial charge in [-0.2, -0.15) is 5.10 Å². The number of hydrogen-bond acceptors (Lipinski definition) is 4. The molecule has 2 aromatic carbocycles. The van der Waals surface area contributed by atoms with Gasteiger partial charge in [-0.1, -0.05) is 53.6 Å². The largest absolute Gasteiger partial charge is 0.489 e. The Balaban J connectivity index is 1.38. The fourth-order valence-electron chi connectivity index (χ4n) is 3.21. The number of aromatic nitrogens is 2. The molecule has 4 rings (SSSR count). The van der Waals surface area contributed by atoms with Crippen molar-refractivity contribution in [2.45, 2.75) is 33.9 Å². The smallest absolute Gasteiger partial charge is 0.266 e. The molecule has 4 aromatic rings. The number of nitrogens with one attached hydrogen (secondary N) is 1. The summed E-state index contributed by atoms with van der Waals surface area (Å²) in [4.78, 5) is 13.3. The van der Waals surface area contributed by atoms with E-state index in [-0.39, 0.29) is 5.91 Å². The molecule has 0 saturated carbocycles. The van der Waals surface area contributed by atoms with E-state index in [0.717, 1.165) is 28.0 Å². The maximum atomic E-state index is 12.7. The van der Waals surface area contributed by atoms with Gasteiger partial charge in [0.2, 0.25) is 0 Å². The third kappa shape index (κ3) is 5.39. The molecule has 0 aliphatic rings. The molecule has 0 fully saturated rings. The maximum absolute atomic E-state index is 12.7. The molecule has 1 amide bonds. The molecule has 0 radical (unpaired) electrons. The van der Waals surface area contributed by atoms with Crippen LogP contribution in [-0.4, -0.2) is 15.7 Å². The van der Waals surface area contributed by atoms with Crippen LogP contribution in [0.1, 0.15) is 37.5 Å². The summed E-state index contributed by atoms with van der Waals surface area (Å²) >= 11 is 7.67. The third-order valence-electron chi connectivity index (χ3n) is 5.03. The summed E-state index contributed by atoms with van der Waals surface area (Å²) in [5, 5.41) is 9.57. The Hall–Kier alpha value is -3.09. The number of nitrogens with zero attached hydrogens (tertiary/aromatic N) is 2. The molecule has 32 heavy (non-hydrogen) atoms. The highest BCUT2D eigenvalue weighted by Crippen LogP contribution is 2.24. The SMILES string of the molecule is Cc1ccc(Cn2cc(Cl)c(NC(=O)c3cc(COc4cc(C)ccc4C)cs3)n2)cc1. The number of carbonyl (C=O) groups excluding carboxylic acids is 1. The second-order valence-electron chi connectivity index (χ2n) is 7.84. The van der Waals surface area contributed by atoms with Crippen LogP contribution in [0.25, 0.3) is 0 Å². The minimum atomic E-state index is -0.240. The van der Waals surface area contributed by atoms with Gasteiger partial charge in [-0.3, -0.25) is 9.48 Å². The monoisotopic (exact) mass is 465 g/mol. The predicted octanol–water partition coefficient (Wildman–Crippen LogP) is 6.40. The van der Waals surface area contributed by atoms with E-state index < -0.39 is 0 Å². The van der Waals surface area contributed by atoms with Crippen molar-refractivity contribution in [1.29, 1.82) is 0 Å². The highest BCUT2D eigenvalue weighted by atomic mass is 35.5. The molecular formula is C25H24ClN3O2S. The van der Waals surface area contributed by atoms with Gasteiger partial charge in [0, 0.05) is 11.8 Å². The summed E-state index contributed by atoms with van der Waals surface area (Å²) < 4.78 is 7.66. The number of benzene rings is 2. The van der Waals surface area contributed by atoms with Crippen LogP contribution < -0.4 is 10.1 Å². The number of anilines is 1. The molecule has 2 aromatic heterocycles. The van der Waals surface area contributed by atoms with Crippen molar-refractivity contribution in [3.8, 4) is 5.75 Å². The number of halogens is 1. The zero-order valence-electron chi connectivity index (χ0n) is 18.2. The molecule has 0 saturated heterocycles. The van der Waals surface area contributed by atoms with Crippen molar-refractivity contribution in [2.24, 2.45) is 0 Å². The molecule has 0 bridgehead atoms. The number of thiophene rings is 1. The molecule has 0 spiro atoms. The summed E-state index contributed by atoms with van der Waals surface area (Å²) in [6.07, 6.45) is 1.72. The molecule has 5 nitrogen and oxygen atoms in total. The van der Waals surface area contributed by atoms with Gasteiger partial charge >= 0.3 is 0 Å². The van der Waals surface area contributed by atoms with E-state index in [4.69, 9.17) is 16.3 Å². The molecule has 0 aliphatic heterocycles. The van der Waals surface area contributed by atoms with Crippen molar-refractivity contribution < 1.29 is 9.53 Å². The van der Waals surface area contributed by atoms with Gasteiger partial charge in [-0.05, 0) is 55.0 Å². The standard InChI is InChI=1S/C25H24ClN3O2S/c1-16-5-8-19(9-6-16)12-29-13-21(26)24(28-29)27-25(30)23-11-20(15-32-23)14-31-22-10-17(2)4-7-18(22)3/h4-11,13,15H,12,14H2,1-3H3,(H,27,28,30). The highest BCUT2D eigenvalue weighted by molar-refractivity contribution is 7.12. The van der Waals surface area contributed by atoms with Gasteiger partial charge in [-0.15, -0.1) is 11.3 Å². The van der Waals surface area contributed by atoms with Gasteiger partial charge in [0.15, 0.2) is 5.82 Å². The van der Waals surface area contributed by atoms with Crippen LogP contribution in [-0.2, 0) is 13.2 Å². The van der Waals surface area contributed by atoms with E-state index in [1.54, 1.807) is 10.9 Å². The minimum absolute atomic E-state index is 0.240. The average molecular weight is 466 g/mol. The Morgan fingerprint density at radius 2 is 1.81 bits per heavy atom. The van der Waals surface area contributed by atoms with Crippen molar-refractivity contribution in [2.75, 3.05) is 5.32 Å². The molecule has 2 heterocycles. The quantitative estimate of drug-likeness (QED) is 0.343. The van der Waals surface area contributed by atoms with Gasteiger partial charge in [0.25, 0.3) is 5.91 Å². The Labute approximate surface area is 196 Å². The molecule has 1 N–H and O–H groups in total. The van der Waals surface area contributed by atoms with Gasteiger partial charge in [-0.25, -0.2) is 0 Å². The highest BCUT2D eigenvalue weighted by Gasteiger charge is 2.15. The Bertz CT molecular complexity index is 1240. The normalized spacial score (nSPS) is 10.9. The minimum Gasteiger partial charge on any atom is -0.489 e. The van der Waals surface area contributed by atoms with Crippen LogP contribution in [0.4, 0.5) is 5.82 Å². The van der Waals surface area contributed by atoms with Crippen LogP contribution in [0, 0.1) is 20.8 Å². The lowest BCUT2D eigenvalue weighted by atomic mass is 10.1. The van der Waals surface area contributed by atoms with Crippen LogP contribution in [0.5, 0.6) is 5.75 Å². The fraction of sp³-hybridized carbons (Fsp3) is 0.200. The first-order chi connectivity index (χ1) is 15.4. The second kappa shape index (κ2) is 9.59. The van der Waals surface area contributed by atoms with Gasteiger partial charge in [0.05, 0.1) is 11.4 Å². The van der Waals surface area contributed by atoms with Gasteiger partial charge < -0.3 is 10.1 Å². The predicted molar refractivity (Wildman–Crippen MR) is 130 cm³/mol. The van der Waals surface area contributed by atoms with Gasteiger partial charge in [0.1, 0.15) is 17.4 Å². The van der Waals surface area contributed by atoms with E-state index in [1.807, 2.05) is 44.4 Å². The summed E-state index contributed by atoms with van der Waals surface area (Å²) in [5.74, 6) is 0.967. The molecule has 0 unspecified atom stereocenters. The van der Waals surface area contributed by atoms with E-state index in [0.29, 0.717) is 28.9 Å². The third-order valence-corrected chi connectivity index (χ3v) is 6.28. The lowest BCUT2D eigenvalue weighted by Crippen LogP contribution is -2.11. The second-order valence-corrected chi connectivity index (χ2v) is 9.16. The first-order valence-electron chi connectivity index (χ1n) is 10.2. The summed E-state index contributed by atoms with van der Waals surface area (Å²) in [6, 6.07) is 16.2. The summed E-state index contributed by atoms with van der Waals surface area (Å²) in [7, 11) is 0. The zero-order chi connectivity index (χ0) is 22.7. The van der Waals surface area contributed by atoms with Crippen molar-refractivity contribution in [3.05, 3.63) is 97.8 Å². The van der Waals surface area contributed by atoms with Crippen LogP contribution in [0.2, 0.25) is 5.02 Å². The Morgan fingerprint density at radius 3 is 2.59 bits per heavy atom. The fourth-order valence-corrected chi connectivity index (χ4v) is 4.20. The molecule has 0 aliphatic carbocycles. The topological polar surface area (TPSA) is 56.2 Å². The Kier molecular flexibility index (Phi) is 6.63. The van der Waals surface area contributed by atoms with E-state index in [9.17, 15) is 4.79 Å². The van der Waals surface area contributed by atoms with Crippen LogP contribution >= 0.6 is 22.9 Å². The van der Waals surface area contributed by atoms with Crippen LogP contribution in [0.3, 0.4) is 0 Å². The van der Waals surface area contributed by atoms with E-state index in [1.165, 1.54) is 16.9 Å². The van der Waals surface area contributed by atoms with Crippen molar-refractivity contribution >= 4 is 34.7 Å². The Morgan fingerprint density at radius 1 is 1.06 bits per heavy atom. The van der Waals surface area contributed by atoms with Crippen molar-refractivity contribution in [3.63, 3.8) is 0 Å².